The Bertz CT molecular complexity index is 927. The fraction of sp³-hybridized carbons (Fsp3) is 0.417. The third-order valence-electron chi connectivity index (χ3n) is 5.27. The molecular formula is C24H32N3O4+. The van der Waals surface area contributed by atoms with Crippen molar-refractivity contribution < 1.29 is 24.0 Å². The van der Waals surface area contributed by atoms with E-state index in [2.05, 4.69) is 10.6 Å². The third kappa shape index (κ3) is 5.98. The zero-order valence-corrected chi connectivity index (χ0v) is 18.7. The predicted molar refractivity (Wildman–Crippen MR) is 119 cm³/mol. The van der Waals surface area contributed by atoms with Gasteiger partial charge in [0, 0.05) is 42.3 Å². The molecule has 0 bridgehead atoms. The molecule has 1 aliphatic rings. The number of quaternary nitrogens is 1. The van der Waals surface area contributed by atoms with Gasteiger partial charge in [0.2, 0.25) is 0 Å². The second-order valence-electron chi connectivity index (χ2n) is 8.00. The number of carbonyl (C=O) groups excluding carboxylic acids is 2. The van der Waals surface area contributed by atoms with Crippen molar-refractivity contribution in [2.45, 2.75) is 39.5 Å². The third-order valence-corrected chi connectivity index (χ3v) is 5.27. The summed E-state index contributed by atoms with van der Waals surface area (Å²) in [5.41, 5.74) is 3.77. The number of rotatable bonds is 9. The van der Waals surface area contributed by atoms with E-state index in [0.717, 1.165) is 39.5 Å². The van der Waals surface area contributed by atoms with E-state index in [1.54, 1.807) is 19.2 Å². The van der Waals surface area contributed by atoms with E-state index in [1.807, 2.05) is 45.2 Å². The lowest BCUT2D eigenvalue weighted by atomic mass is 10.1. The summed E-state index contributed by atoms with van der Waals surface area (Å²) >= 11 is 0. The summed E-state index contributed by atoms with van der Waals surface area (Å²) in [5, 5.41) is 5.61. The van der Waals surface area contributed by atoms with Crippen molar-refractivity contribution in [3.8, 4) is 11.5 Å². The van der Waals surface area contributed by atoms with Crippen LogP contribution in [-0.4, -0.2) is 45.2 Å². The Morgan fingerprint density at radius 2 is 1.97 bits per heavy atom. The van der Waals surface area contributed by atoms with Crippen LogP contribution in [0.15, 0.2) is 36.4 Å². The van der Waals surface area contributed by atoms with Gasteiger partial charge in [-0.3, -0.25) is 9.59 Å². The van der Waals surface area contributed by atoms with E-state index in [0.29, 0.717) is 31.8 Å². The van der Waals surface area contributed by atoms with Crippen molar-refractivity contribution in [3.05, 3.63) is 58.7 Å². The smallest absolute Gasteiger partial charge is 0.275 e. The lowest BCUT2D eigenvalue weighted by Gasteiger charge is -2.16. The minimum Gasteiger partial charge on any atom is -0.494 e. The van der Waals surface area contributed by atoms with Crippen LogP contribution in [0.25, 0.3) is 0 Å². The number of ether oxygens (including phenoxy) is 2. The van der Waals surface area contributed by atoms with E-state index in [-0.39, 0.29) is 17.9 Å². The Morgan fingerprint density at radius 3 is 2.65 bits per heavy atom. The molecule has 2 amide bonds. The molecule has 0 fully saturated rings. The number of hydrogen-bond donors (Lipinski definition) is 3. The van der Waals surface area contributed by atoms with Gasteiger partial charge in [-0.15, -0.1) is 0 Å². The highest BCUT2D eigenvalue weighted by Crippen LogP contribution is 2.35. The van der Waals surface area contributed by atoms with Gasteiger partial charge in [0.05, 0.1) is 13.7 Å². The number of likely N-dealkylation sites (N-methyl/N-ethyl adjacent to an activating group) is 1. The fourth-order valence-electron chi connectivity index (χ4n) is 3.77. The first-order valence-corrected chi connectivity index (χ1v) is 10.7. The average Bonchev–Trinajstić information content (AvgIpc) is 3.11. The van der Waals surface area contributed by atoms with Crippen molar-refractivity contribution in [2.75, 3.05) is 27.2 Å². The van der Waals surface area contributed by atoms with Crippen molar-refractivity contribution in [1.29, 1.82) is 0 Å². The first-order valence-electron chi connectivity index (χ1n) is 10.7. The quantitative estimate of drug-likeness (QED) is 0.561. The van der Waals surface area contributed by atoms with Gasteiger partial charge in [0.25, 0.3) is 11.8 Å². The minimum absolute atomic E-state index is 0.0308. The zero-order valence-electron chi connectivity index (χ0n) is 18.7. The maximum absolute atomic E-state index is 12.5. The van der Waals surface area contributed by atoms with Gasteiger partial charge >= 0.3 is 0 Å². The normalized spacial score (nSPS) is 15.5. The topological polar surface area (TPSA) is 81.1 Å². The SMILES string of the molecule is CCOc1cc2c(cc1CNC(=O)C[NH+](C)Cc1ccc(C(=O)NC)cc1)O[C@@H](C)C2. The average molecular weight is 427 g/mol. The van der Waals surface area contributed by atoms with Gasteiger partial charge in [-0.05, 0) is 38.1 Å². The van der Waals surface area contributed by atoms with Crippen LogP contribution in [0.2, 0.25) is 0 Å². The van der Waals surface area contributed by atoms with Crippen LogP contribution >= 0.6 is 0 Å². The highest BCUT2D eigenvalue weighted by Gasteiger charge is 2.22. The van der Waals surface area contributed by atoms with E-state index < -0.39 is 0 Å². The van der Waals surface area contributed by atoms with Crippen LogP contribution in [0.3, 0.4) is 0 Å². The zero-order chi connectivity index (χ0) is 22.4. The van der Waals surface area contributed by atoms with Gasteiger partial charge in [-0.2, -0.15) is 0 Å². The molecule has 0 radical (unpaired) electrons. The molecule has 166 valence electrons. The van der Waals surface area contributed by atoms with Crippen LogP contribution in [0, 0.1) is 0 Å². The fourth-order valence-corrected chi connectivity index (χ4v) is 3.77. The Labute approximate surface area is 183 Å². The van der Waals surface area contributed by atoms with Gasteiger partial charge in [-0.25, -0.2) is 0 Å². The molecule has 2 atom stereocenters. The van der Waals surface area contributed by atoms with Crippen LogP contribution < -0.4 is 25.0 Å². The summed E-state index contributed by atoms with van der Waals surface area (Å²) in [6, 6.07) is 11.5. The predicted octanol–water partition coefficient (Wildman–Crippen LogP) is 1.10. The van der Waals surface area contributed by atoms with Crippen molar-refractivity contribution in [2.24, 2.45) is 0 Å². The lowest BCUT2D eigenvalue weighted by Crippen LogP contribution is -3.08. The van der Waals surface area contributed by atoms with Crippen LogP contribution in [-0.2, 0) is 24.3 Å². The summed E-state index contributed by atoms with van der Waals surface area (Å²) in [6.07, 6.45) is 1.04. The van der Waals surface area contributed by atoms with E-state index in [9.17, 15) is 9.59 Å². The maximum Gasteiger partial charge on any atom is 0.275 e. The number of carbonyl (C=O) groups is 2. The molecule has 3 N–H and O–H groups in total. The summed E-state index contributed by atoms with van der Waals surface area (Å²) in [7, 11) is 3.59. The Kier molecular flexibility index (Phi) is 7.52. The van der Waals surface area contributed by atoms with Gasteiger partial charge in [0.1, 0.15) is 24.1 Å². The summed E-state index contributed by atoms with van der Waals surface area (Å²) in [5.74, 6) is 1.54. The molecule has 0 aromatic heterocycles. The molecule has 1 unspecified atom stereocenters. The highest BCUT2D eigenvalue weighted by atomic mass is 16.5. The molecule has 7 heteroatoms. The molecule has 1 aliphatic heterocycles. The molecule has 0 saturated carbocycles. The van der Waals surface area contributed by atoms with E-state index in [4.69, 9.17) is 9.47 Å². The Morgan fingerprint density at radius 1 is 1.23 bits per heavy atom. The summed E-state index contributed by atoms with van der Waals surface area (Å²) < 4.78 is 11.6. The number of fused-ring (bicyclic) bond motifs is 1. The van der Waals surface area contributed by atoms with E-state index in [1.165, 1.54) is 0 Å². The lowest BCUT2D eigenvalue weighted by molar-refractivity contribution is -0.885. The molecule has 0 saturated heterocycles. The summed E-state index contributed by atoms with van der Waals surface area (Å²) in [6.45, 7) is 6.01. The van der Waals surface area contributed by atoms with Gasteiger partial charge in [0.15, 0.2) is 6.54 Å². The van der Waals surface area contributed by atoms with Crippen molar-refractivity contribution >= 4 is 11.8 Å². The number of amides is 2. The molecule has 0 spiro atoms. The van der Waals surface area contributed by atoms with Crippen LogP contribution in [0.4, 0.5) is 0 Å². The first kappa shape index (κ1) is 22.6. The molecular weight excluding hydrogens is 394 g/mol. The Balaban J connectivity index is 1.54. The molecule has 7 nitrogen and oxygen atoms in total. The Hall–Kier alpha value is -3.06. The molecule has 2 aromatic carbocycles. The highest BCUT2D eigenvalue weighted by molar-refractivity contribution is 5.93. The molecule has 0 aliphatic carbocycles. The maximum atomic E-state index is 12.5. The van der Waals surface area contributed by atoms with E-state index >= 15 is 0 Å². The van der Waals surface area contributed by atoms with Crippen molar-refractivity contribution in [1.82, 2.24) is 10.6 Å². The van der Waals surface area contributed by atoms with Gasteiger partial charge in [-0.1, -0.05) is 12.1 Å². The minimum atomic E-state index is -0.107. The first-order chi connectivity index (χ1) is 14.9. The molecule has 3 rings (SSSR count). The van der Waals surface area contributed by atoms with Crippen molar-refractivity contribution in [3.63, 3.8) is 0 Å². The summed E-state index contributed by atoms with van der Waals surface area (Å²) in [4.78, 5) is 25.2. The molecule has 31 heavy (non-hydrogen) atoms. The molecule has 2 aromatic rings. The second kappa shape index (κ2) is 10.3. The monoisotopic (exact) mass is 426 g/mol. The van der Waals surface area contributed by atoms with Crippen LogP contribution in [0.5, 0.6) is 11.5 Å². The second-order valence-corrected chi connectivity index (χ2v) is 8.00. The van der Waals surface area contributed by atoms with Crippen LogP contribution in [0.1, 0.15) is 40.9 Å². The standard InChI is InChI=1S/C24H31N3O4/c1-5-30-21-11-19-10-16(2)31-22(19)12-20(21)13-26-23(28)15-27(4)14-17-6-8-18(9-7-17)24(29)25-3/h6-9,11-12,16H,5,10,13-15H2,1-4H3,(H,25,29)(H,26,28)/p+1/t16-/m0/s1. The number of benzene rings is 2. The number of hydrogen-bond acceptors (Lipinski definition) is 4. The number of nitrogens with one attached hydrogen (secondary N) is 3. The molecule has 1 heterocycles. The van der Waals surface area contributed by atoms with Gasteiger partial charge < -0.3 is 25.0 Å². The largest absolute Gasteiger partial charge is 0.494 e.